The number of benzene rings is 1. The fraction of sp³-hybridized carbons (Fsp3) is 0.632. The molecule has 1 aromatic carbocycles. The molecule has 1 spiro atoms. The second-order valence-electron chi connectivity index (χ2n) is 7.53. The summed E-state index contributed by atoms with van der Waals surface area (Å²) in [4.78, 5) is 4.23. The summed E-state index contributed by atoms with van der Waals surface area (Å²) >= 11 is 0. The van der Waals surface area contributed by atoms with Crippen LogP contribution in [-0.4, -0.2) is 31.8 Å². The Kier molecular flexibility index (Phi) is 5.96. The van der Waals surface area contributed by atoms with Gasteiger partial charge in [0.1, 0.15) is 0 Å². The second kappa shape index (κ2) is 7.77. The molecule has 2 N–H and O–H groups in total. The fourth-order valence-electron chi connectivity index (χ4n) is 4.93. The van der Waals surface area contributed by atoms with E-state index >= 15 is 0 Å². The van der Waals surface area contributed by atoms with Crippen LogP contribution in [0.5, 0.6) is 0 Å². The van der Waals surface area contributed by atoms with Crippen LogP contribution in [0, 0.1) is 11.3 Å². The predicted octanol–water partition coefficient (Wildman–Crippen LogP) is 3.95. The number of nitrogens with zero attached hydrogens (tertiary/aromatic N) is 1. The van der Waals surface area contributed by atoms with Crippen LogP contribution in [-0.2, 0) is 17.5 Å². The van der Waals surface area contributed by atoms with Crippen molar-refractivity contribution in [2.75, 3.05) is 13.7 Å². The van der Waals surface area contributed by atoms with Gasteiger partial charge in [0.15, 0.2) is 5.96 Å². The molecule has 0 radical (unpaired) electrons. The number of alkyl halides is 3. The predicted molar refractivity (Wildman–Crippen MR) is 108 cm³/mol. The molecule has 1 saturated heterocycles. The number of hydrogen-bond acceptors (Lipinski definition) is 2. The first-order valence-corrected chi connectivity index (χ1v) is 9.19. The van der Waals surface area contributed by atoms with E-state index in [0.29, 0.717) is 24.0 Å². The van der Waals surface area contributed by atoms with Gasteiger partial charge in [0.2, 0.25) is 0 Å². The minimum Gasteiger partial charge on any atom is -0.377 e. The van der Waals surface area contributed by atoms with Gasteiger partial charge >= 0.3 is 6.18 Å². The normalized spacial score (nSPS) is 28.6. The Balaban J connectivity index is 0.00000210. The Labute approximate surface area is 174 Å². The number of aliphatic imine (C=N–C) groups is 1. The summed E-state index contributed by atoms with van der Waals surface area (Å²) in [5.74, 6) is 1.04. The van der Waals surface area contributed by atoms with Gasteiger partial charge in [0, 0.05) is 37.6 Å². The van der Waals surface area contributed by atoms with Gasteiger partial charge in [0.05, 0.1) is 11.7 Å². The maximum atomic E-state index is 13.1. The zero-order chi connectivity index (χ0) is 18.4. The topological polar surface area (TPSA) is 45.7 Å². The van der Waals surface area contributed by atoms with Crippen LogP contribution in [0.3, 0.4) is 0 Å². The highest BCUT2D eigenvalue weighted by atomic mass is 127. The molecule has 27 heavy (non-hydrogen) atoms. The molecule has 3 unspecified atom stereocenters. The van der Waals surface area contributed by atoms with Crippen LogP contribution in [0.4, 0.5) is 13.2 Å². The zero-order valence-corrected chi connectivity index (χ0v) is 17.5. The number of ether oxygens (including phenoxy) is 1. The SMILES string of the molecule is CN=C(NCc1ccccc1C(F)(F)F)NC1C2CCOC2C12CCC2.I. The summed E-state index contributed by atoms with van der Waals surface area (Å²) in [6.45, 7) is 0.889. The quantitative estimate of drug-likeness (QED) is 0.380. The smallest absolute Gasteiger partial charge is 0.377 e. The largest absolute Gasteiger partial charge is 0.416 e. The van der Waals surface area contributed by atoms with Crippen LogP contribution in [0.1, 0.15) is 36.8 Å². The highest BCUT2D eigenvalue weighted by Gasteiger charge is 2.66. The summed E-state index contributed by atoms with van der Waals surface area (Å²) in [5.41, 5.74) is -0.189. The Morgan fingerprint density at radius 1 is 1.30 bits per heavy atom. The molecular formula is C19H25F3IN3O. The molecule has 1 aliphatic heterocycles. The van der Waals surface area contributed by atoms with Crippen molar-refractivity contribution in [3.63, 3.8) is 0 Å². The van der Waals surface area contributed by atoms with Crippen molar-refractivity contribution < 1.29 is 17.9 Å². The molecule has 3 aliphatic rings. The molecule has 4 rings (SSSR count). The van der Waals surface area contributed by atoms with E-state index in [0.717, 1.165) is 31.9 Å². The lowest BCUT2D eigenvalue weighted by Crippen LogP contribution is -2.72. The minimum absolute atomic E-state index is 0. The summed E-state index contributed by atoms with van der Waals surface area (Å²) in [6.07, 6.45) is 0.554. The number of hydrogen-bond donors (Lipinski definition) is 2. The van der Waals surface area contributed by atoms with Crippen molar-refractivity contribution in [3.8, 4) is 0 Å². The van der Waals surface area contributed by atoms with Crippen molar-refractivity contribution in [1.82, 2.24) is 10.6 Å². The third-order valence-corrected chi connectivity index (χ3v) is 6.32. The van der Waals surface area contributed by atoms with E-state index in [9.17, 15) is 13.2 Å². The van der Waals surface area contributed by atoms with Crippen molar-refractivity contribution in [1.29, 1.82) is 0 Å². The van der Waals surface area contributed by atoms with Crippen molar-refractivity contribution in [2.45, 2.75) is 50.6 Å². The fourth-order valence-corrected chi connectivity index (χ4v) is 4.93. The van der Waals surface area contributed by atoms with Crippen LogP contribution < -0.4 is 10.6 Å². The molecule has 150 valence electrons. The van der Waals surface area contributed by atoms with Crippen molar-refractivity contribution >= 4 is 29.9 Å². The van der Waals surface area contributed by atoms with E-state index in [1.807, 2.05) is 0 Å². The molecule has 4 nitrogen and oxygen atoms in total. The van der Waals surface area contributed by atoms with Gasteiger partial charge in [-0.2, -0.15) is 13.2 Å². The van der Waals surface area contributed by atoms with Crippen LogP contribution >= 0.6 is 24.0 Å². The van der Waals surface area contributed by atoms with Gasteiger partial charge in [-0.1, -0.05) is 24.6 Å². The lowest BCUT2D eigenvalue weighted by Gasteiger charge is -2.63. The minimum atomic E-state index is -4.35. The molecule has 0 amide bonds. The number of guanidine groups is 1. The van der Waals surface area contributed by atoms with Crippen molar-refractivity contribution in [3.05, 3.63) is 35.4 Å². The standard InChI is InChI=1S/C19H24F3N3O.HI/c1-23-17(24-11-12-5-2-3-6-14(12)19(20,21)22)25-15-13-7-10-26-16(13)18(15)8-4-9-18;/h2-3,5-6,13,15-16H,4,7-11H2,1H3,(H2,23,24,25);1H. The lowest BCUT2D eigenvalue weighted by molar-refractivity contribution is -0.171. The number of fused-ring (bicyclic) bond motifs is 2. The average Bonchev–Trinajstić information content (AvgIpc) is 2.98. The summed E-state index contributed by atoms with van der Waals surface area (Å²) in [6, 6.07) is 5.95. The third kappa shape index (κ3) is 3.54. The van der Waals surface area contributed by atoms with Gasteiger partial charge in [-0.15, -0.1) is 24.0 Å². The molecule has 1 aromatic rings. The van der Waals surface area contributed by atoms with Crippen molar-refractivity contribution in [2.24, 2.45) is 16.3 Å². The Hall–Kier alpha value is -1.03. The Bertz CT molecular complexity index is 706. The second-order valence-corrected chi connectivity index (χ2v) is 7.53. The molecule has 3 atom stereocenters. The molecule has 1 heterocycles. The monoisotopic (exact) mass is 495 g/mol. The van der Waals surface area contributed by atoms with Gasteiger partial charge in [0.25, 0.3) is 0 Å². The van der Waals surface area contributed by atoms with E-state index in [4.69, 9.17) is 4.74 Å². The maximum Gasteiger partial charge on any atom is 0.416 e. The molecule has 2 saturated carbocycles. The Morgan fingerprint density at radius 3 is 2.67 bits per heavy atom. The van der Waals surface area contributed by atoms with Gasteiger partial charge in [-0.3, -0.25) is 4.99 Å². The summed E-state index contributed by atoms with van der Waals surface area (Å²) in [5, 5.41) is 6.53. The molecule has 0 bridgehead atoms. The van der Waals surface area contributed by atoms with Crippen LogP contribution in [0.25, 0.3) is 0 Å². The van der Waals surface area contributed by atoms with E-state index in [1.165, 1.54) is 18.6 Å². The van der Waals surface area contributed by atoms with E-state index < -0.39 is 11.7 Å². The summed E-state index contributed by atoms with van der Waals surface area (Å²) in [7, 11) is 1.65. The molecule has 0 aromatic heterocycles. The Morgan fingerprint density at radius 2 is 2.04 bits per heavy atom. The average molecular weight is 495 g/mol. The van der Waals surface area contributed by atoms with E-state index in [1.54, 1.807) is 13.1 Å². The zero-order valence-electron chi connectivity index (χ0n) is 15.2. The van der Waals surface area contributed by atoms with Crippen LogP contribution in [0.15, 0.2) is 29.3 Å². The third-order valence-electron chi connectivity index (χ3n) is 6.32. The molecule has 2 aliphatic carbocycles. The molecular weight excluding hydrogens is 470 g/mol. The van der Waals surface area contributed by atoms with Gasteiger partial charge < -0.3 is 15.4 Å². The maximum absolute atomic E-state index is 13.1. The van der Waals surface area contributed by atoms with Gasteiger partial charge in [-0.25, -0.2) is 0 Å². The number of rotatable bonds is 3. The lowest BCUT2D eigenvalue weighted by atomic mass is 9.46. The molecule has 8 heteroatoms. The first-order valence-electron chi connectivity index (χ1n) is 9.19. The summed E-state index contributed by atoms with van der Waals surface area (Å²) < 4.78 is 45.3. The molecule has 3 fully saturated rings. The first-order chi connectivity index (χ1) is 12.5. The van der Waals surface area contributed by atoms with Crippen LogP contribution in [0.2, 0.25) is 0 Å². The van der Waals surface area contributed by atoms with E-state index in [2.05, 4.69) is 15.6 Å². The highest BCUT2D eigenvalue weighted by Crippen LogP contribution is 2.62. The number of nitrogens with one attached hydrogen (secondary N) is 2. The van der Waals surface area contributed by atoms with Gasteiger partial charge in [-0.05, 0) is 30.9 Å². The van der Waals surface area contributed by atoms with E-state index in [-0.39, 0.29) is 41.5 Å². The highest BCUT2D eigenvalue weighted by molar-refractivity contribution is 14.0. The first kappa shape index (κ1) is 20.7. The number of halogens is 4.